The molecule has 0 amide bonds. The van der Waals surface area contributed by atoms with Crippen LogP contribution in [0.3, 0.4) is 0 Å². The Balaban J connectivity index is 2.06. The molecule has 2 saturated carbocycles. The third kappa shape index (κ3) is 1.99. The average molecular weight is 218 g/mol. The molecule has 2 aliphatic rings. The van der Waals surface area contributed by atoms with Gasteiger partial charge in [0.25, 0.3) is 5.92 Å². The number of carboxylic acids is 1. The van der Waals surface area contributed by atoms with Gasteiger partial charge in [0.15, 0.2) is 0 Å². The van der Waals surface area contributed by atoms with Gasteiger partial charge in [-0.2, -0.15) is 0 Å². The molecule has 2 nitrogen and oxygen atoms in total. The smallest absolute Gasteiger partial charge is 0.306 e. The Morgan fingerprint density at radius 1 is 1.40 bits per heavy atom. The molecule has 1 N–H and O–H groups in total. The highest BCUT2D eigenvalue weighted by Gasteiger charge is 2.54. The average Bonchev–Trinajstić information content (AvgIpc) is 2.81. The first-order valence-electron chi connectivity index (χ1n) is 5.52. The fourth-order valence-corrected chi connectivity index (χ4v) is 2.77. The molecule has 0 saturated heterocycles. The van der Waals surface area contributed by atoms with Crippen molar-refractivity contribution in [1.29, 1.82) is 0 Å². The van der Waals surface area contributed by atoms with Gasteiger partial charge in [-0.25, -0.2) is 8.78 Å². The lowest BCUT2D eigenvalue weighted by Crippen LogP contribution is -2.39. The van der Waals surface area contributed by atoms with E-state index in [0.717, 1.165) is 6.42 Å². The van der Waals surface area contributed by atoms with E-state index in [-0.39, 0.29) is 25.2 Å². The van der Waals surface area contributed by atoms with Gasteiger partial charge in [-0.3, -0.25) is 4.79 Å². The molecule has 4 atom stereocenters. The van der Waals surface area contributed by atoms with Crippen LogP contribution in [0.25, 0.3) is 0 Å². The number of alkyl halides is 2. The molecule has 0 radical (unpaired) electrons. The van der Waals surface area contributed by atoms with Crippen LogP contribution in [-0.2, 0) is 4.79 Å². The molecule has 0 aromatic rings. The monoisotopic (exact) mass is 218 g/mol. The second-order valence-corrected chi connectivity index (χ2v) is 5.05. The summed E-state index contributed by atoms with van der Waals surface area (Å²) in [5, 5.41) is 8.85. The lowest BCUT2D eigenvalue weighted by Gasteiger charge is -2.34. The molecule has 2 rings (SSSR count). The van der Waals surface area contributed by atoms with Gasteiger partial charge < -0.3 is 5.11 Å². The predicted molar refractivity (Wildman–Crippen MR) is 50.7 cm³/mol. The highest BCUT2D eigenvalue weighted by Crippen LogP contribution is 2.55. The Morgan fingerprint density at radius 2 is 2.00 bits per heavy atom. The molecule has 0 spiro atoms. The van der Waals surface area contributed by atoms with E-state index in [1.807, 2.05) is 6.92 Å². The first kappa shape index (κ1) is 10.8. The highest BCUT2D eigenvalue weighted by atomic mass is 19.3. The van der Waals surface area contributed by atoms with E-state index in [2.05, 4.69) is 0 Å². The third-order valence-electron chi connectivity index (χ3n) is 3.94. The lowest BCUT2D eigenvalue weighted by atomic mass is 9.76. The predicted octanol–water partition coefficient (Wildman–Crippen LogP) is 2.78. The quantitative estimate of drug-likeness (QED) is 0.773. The summed E-state index contributed by atoms with van der Waals surface area (Å²) < 4.78 is 27.2. The maximum absolute atomic E-state index is 13.6. The summed E-state index contributed by atoms with van der Waals surface area (Å²) in [6, 6.07) is 0. The van der Waals surface area contributed by atoms with Gasteiger partial charge in [0, 0.05) is 12.3 Å². The van der Waals surface area contributed by atoms with E-state index in [0.29, 0.717) is 5.92 Å². The van der Waals surface area contributed by atoms with E-state index in [9.17, 15) is 13.6 Å². The van der Waals surface area contributed by atoms with Gasteiger partial charge >= 0.3 is 5.97 Å². The van der Waals surface area contributed by atoms with E-state index in [1.54, 1.807) is 0 Å². The number of carboxylic acid groups (broad SMARTS) is 1. The van der Waals surface area contributed by atoms with Gasteiger partial charge in [-0.1, -0.05) is 6.92 Å². The number of hydrogen-bond acceptors (Lipinski definition) is 1. The van der Waals surface area contributed by atoms with Crippen LogP contribution >= 0.6 is 0 Å². The van der Waals surface area contributed by atoms with E-state index < -0.39 is 23.7 Å². The zero-order valence-electron chi connectivity index (χ0n) is 8.75. The maximum atomic E-state index is 13.6. The van der Waals surface area contributed by atoms with Gasteiger partial charge in [0.1, 0.15) is 0 Å². The summed E-state index contributed by atoms with van der Waals surface area (Å²) in [4.78, 5) is 10.8. The van der Waals surface area contributed by atoms with Crippen LogP contribution in [-0.4, -0.2) is 17.0 Å². The van der Waals surface area contributed by atoms with Crippen molar-refractivity contribution in [3.05, 3.63) is 0 Å². The van der Waals surface area contributed by atoms with Gasteiger partial charge in [0.05, 0.1) is 5.92 Å². The second-order valence-electron chi connectivity index (χ2n) is 5.05. The molecular formula is C11H16F2O2. The van der Waals surface area contributed by atoms with Crippen molar-refractivity contribution in [3.8, 4) is 0 Å². The van der Waals surface area contributed by atoms with Crippen molar-refractivity contribution in [2.75, 3.05) is 0 Å². The van der Waals surface area contributed by atoms with E-state index in [1.165, 1.54) is 0 Å². The molecule has 4 unspecified atom stereocenters. The van der Waals surface area contributed by atoms with Gasteiger partial charge in [-0.05, 0) is 31.1 Å². The number of hydrogen-bond donors (Lipinski definition) is 1. The Bertz CT molecular complexity index is 278. The second kappa shape index (κ2) is 3.42. The third-order valence-corrected chi connectivity index (χ3v) is 3.94. The molecule has 0 heterocycles. The molecule has 0 aromatic carbocycles. The largest absolute Gasteiger partial charge is 0.481 e. The summed E-state index contributed by atoms with van der Waals surface area (Å²) in [5.74, 6) is -4.38. The summed E-state index contributed by atoms with van der Waals surface area (Å²) >= 11 is 0. The summed E-state index contributed by atoms with van der Waals surface area (Å²) in [7, 11) is 0. The Hall–Kier alpha value is -0.670. The molecular weight excluding hydrogens is 202 g/mol. The van der Waals surface area contributed by atoms with Crippen LogP contribution in [0.5, 0.6) is 0 Å². The molecule has 4 heteroatoms. The van der Waals surface area contributed by atoms with Crippen molar-refractivity contribution in [3.63, 3.8) is 0 Å². The summed E-state index contributed by atoms with van der Waals surface area (Å²) in [5.41, 5.74) is 0. The normalized spacial score (nSPS) is 43.7. The van der Waals surface area contributed by atoms with Crippen LogP contribution < -0.4 is 0 Å². The maximum Gasteiger partial charge on any atom is 0.306 e. The molecule has 86 valence electrons. The topological polar surface area (TPSA) is 37.3 Å². The Labute approximate surface area is 87.7 Å². The zero-order chi connectivity index (χ0) is 11.2. The minimum atomic E-state index is -2.64. The van der Waals surface area contributed by atoms with Crippen molar-refractivity contribution in [2.45, 2.75) is 38.5 Å². The zero-order valence-corrected chi connectivity index (χ0v) is 8.75. The highest BCUT2D eigenvalue weighted by molar-refractivity contribution is 5.70. The molecule has 2 fully saturated rings. The van der Waals surface area contributed by atoms with Crippen LogP contribution in [0, 0.1) is 23.7 Å². The molecule has 0 aromatic heterocycles. The number of carbonyl (C=O) groups is 1. The fourth-order valence-electron chi connectivity index (χ4n) is 2.77. The van der Waals surface area contributed by atoms with Crippen LogP contribution in [0.2, 0.25) is 0 Å². The van der Waals surface area contributed by atoms with Gasteiger partial charge in [-0.15, -0.1) is 0 Å². The Morgan fingerprint density at radius 3 is 2.47 bits per heavy atom. The molecule has 2 aliphatic carbocycles. The first-order valence-corrected chi connectivity index (χ1v) is 5.52. The van der Waals surface area contributed by atoms with Gasteiger partial charge in [0.2, 0.25) is 0 Å². The SMILES string of the molecule is CC1CC1C1CC(C(=O)O)CCC1(F)F. The van der Waals surface area contributed by atoms with E-state index >= 15 is 0 Å². The van der Waals surface area contributed by atoms with Crippen molar-refractivity contribution >= 4 is 5.97 Å². The minimum absolute atomic E-state index is 0.0575. The van der Waals surface area contributed by atoms with Crippen LogP contribution in [0.4, 0.5) is 8.78 Å². The molecule has 15 heavy (non-hydrogen) atoms. The standard InChI is InChI=1S/C11H16F2O2/c1-6-4-8(6)9-5-7(10(14)15)2-3-11(9,12)13/h6-9H,2-5H2,1H3,(H,14,15). The van der Waals surface area contributed by atoms with Crippen molar-refractivity contribution in [2.24, 2.45) is 23.7 Å². The Kier molecular flexibility index (Phi) is 2.47. The lowest BCUT2D eigenvalue weighted by molar-refractivity contribution is -0.152. The molecule has 0 aliphatic heterocycles. The van der Waals surface area contributed by atoms with Crippen molar-refractivity contribution < 1.29 is 18.7 Å². The number of rotatable bonds is 2. The van der Waals surface area contributed by atoms with Crippen LogP contribution in [0.1, 0.15) is 32.6 Å². The molecule has 0 bridgehead atoms. The summed E-state index contributed by atoms with van der Waals surface area (Å²) in [6.07, 6.45) is 0.877. The minimum Gasteiger partial charge on any atom is -0.481 e. The van der Waals surface area contributed by atoms with E-state index in [4.69, 9.17) is 5.11 Å². The van der Waals surface area contributed by atoms with Crippen LogP contribution in [0.15, 0.2) is 0 Å². The van der Waals surface area contributed by atoms with Crippen molar-refractivity contribution in [1.82, 2.24) is 0 Å². The first-order chi connectivity index (χ1) is 6.92. The number of halogens is 2. The fraction of sp³-hybridized carbons (Fsp3) is 0.909. The number of aliphatic carboxylic acids is 1. The summed E-state index contributed by atoms with van der Waals surface area (Å²) in [6.45, 7) is 1.96.